The van der Waals surface area contributed by atoms with Crippen LogP contribution in [0, 0.1) is 10.7 Å². The first kappa shape index (κ1) is 8.05. The molecule has 1 heterocycles. The molecule has 0 bridgehead atoms. The van der Waals surface area contributed by atoms with Gasteiger partial charge in [0.25, 0.3) is 0 Å². The molecule has 0 radical (unpaired) electrons. The van der Waals surface area contributed by atoms with Crippen LogP contribution in [-0.4, -0.2) is 9.55 Å². The van der Waals surface area contributed by atoms with Gasteiger partial charge >= 0.3 is 0 Å². The molecule has 0 aliphatic heterocycles. The summed E-state index contributed by atoms with van der Waals surface area (Å²) in [4.78, 5) is 3.04. The van der Waals surface area contributed by atoms with Crippen molar-refractivity contribution in [2.24, 2.45) is 5.92 Å². The number of imidazole rings is 1. The summed E-state index contributed by atoms with van der Waals surface area (Å²) in [6, 6.07) is 0.642. The summed E-state index contributed by atoms with van der Waals surface area (Å²) in [5, 5.41) is 0. The highest BCUT2D eigenvalue weighted by molar-refractivity contribution is 7.71. The smallest absolute Gasteiger partial charge is 0.177 e. The fourth-order valence-electron chi connectivity index (χ4n) is 2.13. The van der Waals surface area contributed by atoms with E-state index in [0.29, 0.717) is 6.04 Å². The number of H-pyrrole nitrogens is 1. The zero-order valence-electron chi connectivity index (χ0n) is 7.29. The lowest BCUT2D eigenvalue weighted by Crippen LogP contribution is -2.10. The van der Waals surface area contributed by atoms with Gasteiger partial charge in [-0.25, -0.2) is 0 Å². The SMILES string of the molecule is CC1CCCC1n1cc[nH]c1=S. The van der Waals surface area contributed by atoms with Gasteiger partial charge in [0.1, 0.15) is 0 Å². The Kier molecular flexibility index (Phi) is 2.05. The van der Waals surface area contributed by atoms with Crippen molar-refractivity contribution in [2.45, 2.75) is 32.2 Å². The van der Waals surface area contributed by atoms with Crippen LogP contribution in [0.25, 0.3) is 0 Å². The zero-order chi connectivity index (χ0) is 8.55. The molecule has 12 heavy (non-hydrogen) atoms. The van der Waals surface area contributed by atoms with Crippen molar-refractivity contribution in [1.29, 1.82) is 0 Å². The minimum Gasteiger partial charge on any atom is -0.337 e. The minimum atomic E-state index is 0.642. The van der Waals surface area contributed by atoms with E-state index in [4.69, 9.17) is 12.2 Å². The Morgan fingerprint density at radius 3 is 2.92 bits per heavy atom. The fourth-order valence-corrected chi connectivity index (χ4v) is 2.40. The maximum Gasteiger partial charge on any atom is 0.177 e. The molecule has 2 atom stereocenters. The molecule has 0 saturated heterocycles. The number of rotatable bonds is 1. The number of nitrogens with one attached hydrogen (secondary N) is 1. The van der Waals surface area contributed by atoms with Gasteiger partial charge in [-0.1, -0.05) is 13.3 Å². The van der Waals surface area contributed by atoms with E-state index in [1.807, 2.05) is 6.20 Å². The Bertz CT molecular complexity index is 312. The lowest BCUT2D eigenvalue weighted by atomic mass is 10.1. The molecule has 1 aliphatic carbocycles. The molecule has 1 N–H and O–H groups in total. The second-order valence-corrected chi connectivity index (χ2v) is 4.03. The molecule has 0 spiro atoms. The number of hydrogen-bond acceptors (Lipinski definition) is 1. The van der Waals surface area contributed by atoms with E-state index in [0.717, 1.165) is 10.7 Å². The summed E-state index contributed by atoms with van der Waals surface area (Å²) in [5.41, 5.74) is 0. The summed E-state index contributed by atoms with van der Waals surface area (Å²) in [6.07, 6.45) is 7.96. The number of nitrogens with zero attached hydrogens (tertiary/aromatic N) is 1. The van der Waals surface area contributed by atoms with Gasteiger partial charge in [0.15, 0.2) is 4.77 Å². The van der Waals surface area contributed by atoms with Crippen LogP contribution in [0.5, 0.6) is 0 Å². The van der Waals surface area contributed by atoms with Crippen LogP contribution in [0.4, 0.5) is 0 Å². The predicted octanol–water partition coefficient (Wildman–Crippen LogP) is 2.91. The average molecular weight is 182 g/mol. The van der Waals surface area contributed by atoms with Gasteiger partial charge in [-0.15, -0.1) is 0 Å². The molecule has 2 rings (SSSR count). The average Bonchev–Trinajstić information content (AvgIpc) is 2.59. The third kappa shape index (κ3) is 1.22. The maximum atomic E-state index is 5.18. The third-order valence-electron chi connectivity index (χ3n) is 2.85. The normalized spacial score (nSPS) is 29.4. The Labute approximate surface area is 77.6 Å². The van der Waals surface area contributed by atoms with E-state index < -0.39 is 0 Å². The standard InChI is InChI=1S/C9H14N2S/c1-7-3-2-4-8(7)11-6-5-10-9(11)12/h5-8H,2-4H2,1H3,(H,10,12). The third-order valence-corrected chi connectivity index (χ3v) is 3.18. The molecule has 3 heteroatoms. The van der Waals surface area contributed by atoms with Crippen molar-refractivity contribution < 1.29 is 0 Å². The van der Waals surface area contributed by atoms with Gasteiger partial charge in [-0.05, 0) is 31.0 Å². The van der Waals surface area contributed by atoms with Crippen molar-refractivity contribution in [1.82, 2.24) is 9.55 Å². The number of aromatic amines is 1. The highest BCUT2D eigenvalue weighted by atomic mass is 32.1. The Balaban J connectivity index is 2.30. The first-order chi connectivity index (χ1) is 5.79. The van der Waals surface area contributed by atoms with Crippen LogP contribution >= 0.6 is 12.2 Å². The molecule has 0 amide bonds. The van der Waals surface area contributed by atoms with Crippen LogP contribution in [0.1, 0.15) is 32.2 Å². The van der Waals surface area contributed by atoms with Gasteiger partial charge < -0.3 is 9.55 Å². The molecule has 2 unspecified atom stereocenters. The van der Waals surface area contributed by atoms with E-state index in [2.05, 4.69) is 22.7 Å². The molecule has 1 saturated carbocycles. The van der Waals surface area contributed by atoms with Crippen LogP contribution < -0.4 is 0 Å². The van der Waals surface area contributed by atoms with Crippen molar-refractivity contribution in [3.8, 4) is 0 Å². The van der Waals surface area contributed by atoms with Crippen molar-refractivity contribution in [3.05, 3.63) is 17.2 Å². The van der Waals surface area contributed by atoms with Crippen molar-refractivity contribution in [2.75, 3.05) is 0 Å². The Morgan fingerprint density at radius 1 is 1.58 bits per heavy atom. The molecule has 2 nitrogen and oxygen atoms in total. The first-order valence-electron chi connectivity index (χ1n) is 4.54. The second-order valence-electron chi connectivity index (χ2n) is 3.65. The highest BCUT2D eigenvalue weighted by Crippen LogP contribution is 2.35. The summed E-state index contributed by atoms with van der Waals surface area (Å²) in [6.45, 7) is 2.31. The molecule has 1 fully saturated rings. The largest absolute Gasteiger partial charge is 0.337 e. The predicted molar refractivity (Wildman–Crippen MR) is 51.7 cm³/mol. The Hall–Kier alpha value is -0.570. The lowest BCUT2D eigenvalue weighted by Gasteiger charge is -2.16. The van der Waals surface area contributed by atoms with Gasteiger partial charge in [0.2, 0.25) is 0 Å². The summed E-state index contributed by atoms with van der Waals surface area (Å²) >= 11 is 5.18. The number of aromatic nitrogens is 2. The van der Waals surface area contributed by atoms with Gasteiger partial charge in [0, 0.05) is 18.4 Å². The quantitative estimate of drug-likeness (QED) is 0.662. The molecular formula is C9H14N2S. The van der Waals surface area contributed by atoms with Crippen molar-refractivity contribution >= 4 is 12.2 Å². The van der Waals surface area contributed by atoms with Crippen molar-refractivity contribution in [3.63, 3.8) is 0 Å². The maximum absolute atomic E-state index is 5.18. The van der Waals surface area contributed by atoms with E-state index in [1.54, 1.807) is 0 Å². The molecular weight excluding hydrogens is 168 g/mol. The van der Waals surface area contributed by atoms with Crippen LogP contribution in [0.15, 0.2) is 12.4 Å². The minimum absolute atomic E-state index is 0.642. The molecule has 66 valence electrons. The monoisotopic (exact) mass is 182 g/mol. The molecule has 1 aromatic rings. The lowest BCUT2D eigenvalue weighted by molar-refractivity contribution is 0.404. The van der Waals surface area contributed by atoms with Crippen LogP contribution in [-0.2, 0) is 0 Å². The summed E-state index contributed by atoms with van der Waals surface area (Å²) in [5.74, 6) is 0.785. The number of hydrogen-bond donors (Lipinski definition) is 1. The second kappa shape index (κ2) is 3.05. The molecule has 0 aromatic carbocycles. The Morgan fingerprint density at radius 2 is 2.42 bits per heavy atom. The van der Waals surface area contributed by atoms with E-state index in [1.165, 1.54) is 19.3 Å². The van der Waals surface area contributed by atoms with Gasteiger partial charge in [-0.2, -0.15) is 0 Å². The molecule has 1 aromatic heterocycles. The highest BCUT2D eigenvalue weighted by Gasteiger charge is 2.24. The molecule has 1 aliphatic rings. The fraction of sp³-hybridized carbons (Fsp3) is 0.667. The van der Waals surface area contributed by atoms with Crippen LogP contribution in [0.3, 0.4) is 0 Å². The van der Waals surface area contributed by atoms with Gasteiger partial charge in [-0.3, -0.25) is 0 Å². The van der Waals surface area contributed by atoms with E-state index in [-0.39, 0.29) is 0 Å². The topological polar surface area (TPSA) is 20.7 Å². The zero-order valence-corrected chi connectivity index (χ0v) is 8.10. The van der Waals surface area contributed by atoms with E-state index >= 15 is 0 Å². The summed E-state index contributed by atoms with van der Waals surface area (Å²) < 4.78 is 3.07. The van der Waals surface area contributed by atoms with Crippen LogP contribution in [0.2, 0.25) is 0 Å². The van der Waals surface area contributed by atoms with Gasteiger partial charge in [0.05, 0.1) is 0 Å². The first-order valence-corrected chi connectivity index (χ1v) is 4.95. The van der Waals surface area contributed by atoms with E-state index in [9.17, 15) is 0 Å². The summed E-state index contributed by atoms with van der Waals surface area (Å²) in [7, 11) is 0.